The van der Waals surface area contributed by atoms with Crippen LogP contribution >= 0.6 is 0 Å². The minimum Gasteiger partial charge on any atom is -0.462 e. The van der Waals surface area contributed by atoms with Gasteiger partial charge in [-0.2, -0.15) is 0 Å². The standard InChI is InChI=1S/C19H16N2O7/c1-2-26-17(24)13-16(20)28-14-12(23)7-9(8-22)27-15(14)19(13)10-5-3-4-6-11(10)21-18(19)25/h3-7,22H,2,8,20H2,1H3,(H,21,25)/t19-/m0/s1. The predicted molar refractivity (Wildman–Crippen MR) is 95.2 cm³/mol. The van der Waals surface area contributed by atoms with Crippen molar-refractivity contribution >= 4 is 17.6 Å². The second-order valence-electron chi connectivity index (χ2n) is 6.20. The van der Waals surface area contributed by atoms with E-state index in [0.29, 0.717) is 11.3 Å². The highest BCUT2D eigenvalue weighted by molar-refractivity contribution is 6.16. The van der Waals surface area contributed by atoms with Gasteiger partial charge in [0, 0.05) is 17.3 Å². The number of aliphatic hydroxyl groups excluding tert-OH is 1. The Balaban J connectivity index is 2.14. The zero-order chi connectivity index (χ0) is 20.1. The van der Waals surface area contributed by atoms with Crippen LogP contribution < -0.4 is 21.2 Å². The molecule has 3 heterocycles. The summed E-state index contributed by atoms with van der Waals surface area (Å²) < 4.78 is 16.1. The number of nitrogens with one attached hydrogen (secondary N) is 1. The molecule has 0 saturated heterocycles. The van der Waals surface area contributed by atoms with Crippen molar-refractivity contribution in [1.29, 1.82) is 0 Å². The molecule has 1 aromatic heterocycles. The summed E-state index contributed by atoms with van der Waals surface area (Å²) in [7, 11) is 0. The molecular formula is C19H16N2O7. The Kier molecular flexibility index (Phi) is 3.97. The predicted octanol–water partition coefficient (Wildman–Crippen LogP) is 0.496. The number of fused-ring (bicyclic) bond motifs is 4. The normalized spacial score (nSPS) is 19.7. The number of hydrogen-bond acceptors (Lipinski definition) is 8. The first-order valence-corrected chi connectivity index (χ1v) is 8.49. The van der Waals surface area contributed by atoms with Gasteiger partial charge in [-0.15, -0.1) is 0 Å². The highest BCUT2D eigenvalue weighted by atomic mass is 16.5. The van der Waals surface area contributed by atoms with Gasteiger partial charge in [0.25, 0.3) is 0 Å². The number of rotatable bonds is 3. The lowest BCUT2D eigenvalue weighted by Crippen LogP contribution is -2.47. The molecule has 4 rings (SSSR count). The number of benzene rings is 1. The summed E-state index contributed by atoms with van der Waals surface area (Å²) >= 11 is 0. The summed E-state index contributed by atoms with van der Waals surface area (Å²) in [5.41, 5.74) is 3.94. The Morgan fingerprint density at radius 1 is 1.32 bits per heavy atom. The number of esters is 1. The number of nitrogens with two attached hydrogens (primary N) is 1. The monoisotopic (exact) mass is 384 g/mol. The third kappa shape index (κ3) is 2.20. The van der Waals surface area contributed by atoms with E-state index in [1.54, 1.807) is 31.2 Å². The Morgan fingerprint density at radius 2 is 2.07 bits per heavy atom. The van der Waals surface area contributed by atoms with Crippen LogP contribution in [-0.4, -0.2) is 23.6 Å². The van der Waals surface area contributed by atoms with Gasteiger partial charge in [0.05, 0.1) is 6.61 Å². The van der Waals surface area contributed by atoms with E-state index < -0.39 is 35.2 Å². The highest BCUT2D eigenvalue weighted by Gasteiger charge is 2.61. The third-order valence-corrected chi connectivity index (χ3v) is 4.68. The molecule has 28 heavy (non-hydrogen) atoms. The number of carbonyl (C=O) groups is 2. The summed E-state index contributed by atoms with van der Waals surface area (Å²) in [6, 6.07) is 7.66. The van der Waals surface area contributed by atoms with E-state index in [-0.39, 0.29) is 29.4 Å². The van der Waals surface area contributed by atoms with E-state index in [2.05, 4.69) is 5.32 Å². The van der Waals surface area contributed by atoms with Crippen molar-refractivity contribution in [1.82, 2.24) is 0 Å². The number of carbonyl (C=O) groups excluding carboxylic acids is 2. The fourth-order valence-electron chi connectivity index (χ4n) is 3.60. The van der Waals surface area contributed by atoms with Gasteiger partial charge in [0.2, 0.25) is 23.0 Å². The molecular weight excluding hydrogens is 368 g/mol. The zero-order valence-electron chi connectivity index (χ0n) is 14.8. The SMILES string of the molecule is CCOC(=O)C1=C(N)Oc2c(oc(CO)cc2=O)[C@@]12C(=O)Nc1ccccc12. The minimum absolute atomic E-state index is 0.0302. The summed E-state index contributed by atoms with van der Waals surface area (Å²) in [6.07, 6.45) is 0. The molecule has 1 spiro atoms. The second kappa shape index (κ2) is 6.24. The maximum Gasteiger partial charge on any atom is 0.341 e. The number of aliphatic hydroxyl groups is 1. The lowest BCUT2D eigenvalue weighted by molar-refractivity contribution is -0.141. The van der Waals surface area contributed by atoms with Crippen LogP contribution in [0.5, 0.6) is 5.75 Å². The van der Waals surface area contributed by atoms with Crippen molar-refractivity contribution in [3.8, 4) is 5.75 Å². The first-order chi connectivity index (χ1) is 13.4. The molecule has 9 nitrogen and oxygen atoms in total. The summed E-state index contributed by atoms with van der Waals surface area (Å²) in [5.74, 6) is -2.61. The van der Waals surface area contributed by atoms with Crippen molar-refractivity contribution < 1.29 is 28.6 Å². The molecule has 2 aliphatic rings. The minimum atomic E-state index is -1.88. The molecule has 9 heteroatoms. The molecule has 2 aromatic rings. The van der Waals surface area contributed by atoms with Crippen LogP contribution in [0.4, 0.5) is 5.69 Å². The fraction of sp³-hybridized carbons (Fsp3) is 0.211. The van der Waals surface area contributed by atoms with Gasteiger partial charge < -0.3 is 30.0 Å². The maximum atomic E-state index is 13.3. The van der Waals surface area contributed by atoms with Crippen LogP contribution in [0.15, 0.2) is 51.0 Å². The van der Waals surface area contributed by atoms with Gasteiger partial charge in [0.1, 0.15) is 17.9 Å². The van der Waals surface area contributed by atoms with Gasteiger partial charge in [-0.05, 0) is 13.0 Å². The lowest BCUT2D eigenvalue weighted by atomic mass is 9.71. The van der Waals surface area contributed by atoms with Crippen molar-refractivity contribution in [2.24, 2.45) is 5.73 Å². The summed E-state index contributed by atoms with van der Waals surface area (Å²) in [6.45, 7) is 1.05. The average molecular weight is 384 g/mol. The molecule has 2 aliphatic heterocycles. The van der Waals surface area contributed by atoms with Gasteiger partial charge in [-0.25, -0.2) is 4.79 Å². The Morgan fingerprint density at radius 3 is 2.79 bits per heavy atom. The summed E-state index contributed by atoms with van der Waals surface area (Å²) in [5, 5.41) is 12.2. The fourth-order valence-corrected chi connectivity index (χ4v) is 3.60. The molecule has 0 fully saturated rings. The maximum absolute atomic E-state index is 13.3. The first-order valence-electron chi connectivity index (χ1n) is 8.49. The van der Waals surface area contributed by atoms with Crippen molar-refractivity contribution in [2.75, 3.05) is 11.9 Å². The van der Waals surface area contributed by atoms with E-state index >= 15 is 0 Å². The van der Waals surface area contributed by atoms with Crippen LogP contribution in [-0.2, 0) is 26.3 Å². The van der Waals surface area contributed by atoms with Crippen LogP contribution in [0, 0.1) is 0 Å². The Hall–Kier alpha value is -3.59. The molecule has 1 aromatic carbocycles. The molecule has 0 aliphatic carbocycles. The average Bonchev–Trinajstić information content (AvgIpc) is 2.95. The lowest BCUT2D eigenvalue weighted by Gasteiger charge is -2.33. The number of para-hydroxylation sites is 1. The van der Waals surface area contributed by atoms with Crippen LogP contribution in [0.3, 0.4) is 0 Å². The number of anilines is 1. The van der Waals surface area contributed by atoms with Gasteiger partial charge >= 0.3 is 5.97 Å². The summed E-state index contributed by atoms with van der Waals surface area (Å²) in [4.78, 5) is 38.6. The van der Waals surface area contributed by atoms with E-state index in [9.17, 15) is 19.5 Å². The topological polar surface area (TPSA) is 141 Å². The zero-order valence-corrected chi connectivity index (χ0v) is 14.8. The molecule has 0 bridgehead atoms. The Bertz CT molecular complexity index is 1100. The third-order valence-electron chi connectivity index (χ3n) is 4.68. The van der Waals surface area contributed by atoms with Crippen molar-refractivity contribution in [3.05, 3.63) is 69.1 Å². The molecule has 4 N–H and O–H groups in total. The van der Waals surface area contributed by atoms with E-state index in [1.165, 1.54) is 0 Å². The van der Waals surface area contributed by atoms with E-state index in [1.807, 2.05) is 0 Å². The van der Waals surface area contributed by atoms with Gasteiger partial charge in [-0.3, -0.25) is 9.59 Å². The van der Waals surface area contributed by atoms with Crippen molar-refractivity contribution in [2.45, 2.75) is 18.9 Å². The van der Waals surface area contributed by atoms with E-state index in [4.69, 9.17) is 19.6 Å². The van der Waals surface area contributed by atoms with Gasteiger partial charge in [0.15, 0.2) is 11.2 Å². The second-order valence-corrected chi connectivity index (χ2v) is 6.20. The largest absolute Gasteiger partial charge is 0.462 e. The molecule has 0 saturated carbocycles. The Labute approximate surface area is 158 Å². The quantitative estimate of drug-likeness (QED) is 0.650. The van der Waals surface area contributed by atoms with Gasteiger partial charge in [-0.1, -0.05) is 18.2 Å². The molecule has 0 radical (unpaired) electrons. The number of amides is 1. The highest BCUT2D eigenvalue weighted by Crippen LogP contribution is 2.52. The van der Waals surface area contributed by atoms with Crippen LogP contribution in [0.2, 0.25) is 0 Å². The molecule has 1 amide bonds. The van der Waals surface area contributed by atoms with E-state index in [0.717, 1.165) is 6.07 Å². The smallest absolute Gasteiger partial charge is 0.341 e. The number of hydrogen-bond donors (Lipinski definition) is 3. The molecule has 144 valence electrons. The number of ether oxygens (including phenoxy) is 2. The first kappa shape index (κ1) is 17.8. The van der Waals surface area contributed by atoms with Crippen LogP contribution in [0.25, 0.3) is 0 Å². The van der Waals surface area contributed by atoms with Crippen molar-refractivity contribution in [3.63, 3.8) is 0 Å². The van der Waals surface area contributed by atoms with Crippen LogP contribution in [0.1, 0.15) is 24.0 Å². The molecule has 0 unspecified atom stereocenters. The molecule has 1 atom stereocenters.